The molecule has 1 unspecified atom stereocenters. The number of benzene rings is 1. The van der Waals surface area contributed by atoms with Crippen molar-refractivity contribution in [3.8, 4) is 0 Å². The maximum absolute atomic E-state index is 13.2. The van der Waals surface area contributed by atoms with Gasteiger partial charge in [-0.05, 0) is 54.7 Å². The van der Waals surface area contributed by atoms with Crippen LogP contribution in [0, 0.1) is 0 Å². The average molecular weight is 481 g/mol. The van der Waals surface area contributed by atoms with Crippen molar-refractivity contribution in [1.29, 1.82) is 0 Å². The van der Waals surface area contributed by atoms with E-state index in [2.05, 4.69) is 0 Å². The summed E-state index contributed by atoms with van der Waals surface area (Å²) >= 11 is 0. The van der Waals surface area contributed by atoms with Gasteiger partial charge in [-0.15, -0.1) is 0 Å². The molecule has 3 heterocycles. The predicted octanol–water partition coefficient (Wildman–Crippen LogP) is 3.12. The summed E-state index contributed by atoms with van der Waals surface area (Å²) in [6.07, 6.45) is 5.26. The van der Waals surface area contributed by atoms with E-state index in [9.17, 15) is 18.0 Å². The number of allylic oxidation sites excluding steroid dienone is 1. The molecule has 0 N–H and O–H groups in total. The Morgan fingerprint density at radius 3 is 2.76 bits per heavy atom. The van der Waals surface area contributed by atoms with Crippen LogP contribution in [-0.2, 0) is 25.8 Å². The third kappa shape index (κ3) is 4.23. The molecule has 1 atom stereocenters. The van der Waals surface area contributed by atoms with Crippen molar-refractivity contribution in [3.63, 3.8) is 0 Å². The molecule has 2 aliphatic rings. The minimum absolute atomic E-state index is 0.0591. The molecule has 0 spiro atoms. The molecule has 1 aliphatic carbocycles. The summed E-state index contributed by atoms with van der Waals surface area (Å²) in [6, 6.07) is 10.6. The Labute approximate surface area is 197 Å². The number of carbonyl (C=O) groups excluding carboxylic acids is 2. The van der Waals surface area contributed by atoms with Gasteiger partial charge in [0.25, 0.3) is 5.91 Å². The fraction of sp³-hybridized carbons (Fsp3) is 0.320. The number of fused-ring (bicyclic) bond motifs is 2. The van der Waals surface area contributed by atoms with Crippen LogP contribution in [0.15, 0.2) is 47.1 Å². The molecule has 1 fully saturated rings. The van der Waals surface area contributed by atoms with Gasteiger partial charge in [0, 0.05) is 18.5 Å². The summed E-state index contributed by atoms with van der Waals surface area (Å²) in [7, 11) is -1.58. The Kier molecular flexibility index (Phi) is 5.73. The lowest BCUT2D eigenvalue weighted by Gasteiger charge is -2.23. The van der Waals surface area contributed by atoms with Gasteiger partial charge in [-0.3, -0.25) is 4.79 Å². The van der Waals surface area contributed by atoms with Gasteiger partial charge in [-0.25, -0.2) is 18.2 Å². The van der Waals surface area contributed by atoms with Crippen molar-refractivity contribution in [2.24, 2.45) is 0 Å². The van der Waals surface area contributed by atoms with Crippen molar-refractivity contribution >= 4 is 44.3 Å². The van der Waals surface area contributed by atoms with Gasteiger partial charge >= 0.3 is 5.97 Å². The fourth-order valence-corrected chi connectivity index (χ4v) is 6.42. The first-order chi connectivity index (χ1) is 16.3. The lowest BCUT2D eigenvalue weighted by molar-refractivity contribution is -0.134. The van der Waals surface area contributed by atoms with Gasteiger partial charge in [-0.2, -0.15) is 0 Å². The van der Waals surface area contributed by atoms with E-state index >= 15 is 0 Å². The Morgan fingerprint density at radius 2 is 2.03 bits per heavy atom. The number of amides is 1. The first-order valence-electron chi connectivity index (χ1n) is 11.1. The number of para-hydroxylation sites is 1. The van der Waals surface area contributed by atoms with Crippen molar-refractivity contribution in [2.75, 3.05) is 25.2 Å². The highest BCUT2D eigenvalue weighted by atomic mass is 32.2. The number of nitrogens with zero attached hydrogens (tertiary/aromatic N) is 2. The number of sulfone groups is 1. The van der Waals surface area contributed by atoms with Crippen LogP contribution in [0.2, 0.25) is 0 Å². The van der Waals surface area contributed by atoms with Gasteiger partial charge in [0.15, 0.2) is 16.4 Å². The summed E-state index contributed by atoms with van der Waals surface area (Å²) in [5.74, 6) is -0.294. The molecular weight excluding hydrogens is 456 g/mol. The minimum atomic E-state index is -3.12. The van der Waals surface area contributed by atoms with Crippen LogP contribution >= 0.6 is 0 Å². The number of furan rings is 1. The van der Waals surface area contributed by atoms with Crippen LogP contribution in [0.25, 0.3) is 22.6 Å². The molecule has 0 radical (unpaired) electrons. The predicted molar refractivity (Wildman–Crippen MR) is 127 cm³/mol. The molecule has 5 rings (SSSR count). The maximum atomic E-state index is 13.2. The largest absolute Gasteiger partial charge is 0.465 e. The smallest absolute Gasteiger partial charge is 0.339 e. The topological polar surface area (TPSA) is 107 Å². The van der Waals surface area contributed by atoms with Crippen molar-refractivity contribution in [2.45, 2.75) is 25.3 Å². The zero-order chi connectivity index (χ0) is 23.9. The number of carbonyl (C=O) groups is 2. The first-order valence-corrected chi connectivity index (χ1v) is 12.9. The second-order valence-corrected chi connectivity index (χ2v) is 10.9. The Balaban J connectivity index is 1.41. The summed E-state index contributed by atoms with van der Waals surface area (Å²) < 4.78 is 34.4. The SMILES string of the molecule is CN(C(=O)COC(=O)c1c2c(nc3ccccc13)/C(=C/c1ccco1)CC2)C1CCS(=O)(=O)C1. The molecule has 3 aromatic rings. The van der Waals surface area contributed by atoms with E-state index < -0.39 is 34.4 Å². The number of hydrogen-bond donors (Lipinski definition) is 0. The van der Waals surface area contributed by atoms with Gasteiger partial charge in [0.1, 0.15) is 5.76 Å². The molecule has 2 aromatic heterocycles. The summed E-state index contributed by atoms with van der Waals surface area (Å²) in [6.45, 7) is -0.452. The molecule has 0 bridgehead atoms. The van der Waals surface area contributed by atoms with Gasteiger partial charge in [0.05, 0.1) is 34.5 Å². The number of aromatic nitrogens is 1. The van der Waals surface area contributed by atoms with Crippen LogP contribution in [0.5, 0.6) is 0 Å². The van der Waals surface area contributed by atoms with Crippen molar-refractivity contribution in [1.82, 2.24) is 9.88 Å². The third-order valence-electron chi connectivity index (χ3n) is 6.48. The molecule has 34 heavy (non-hydrogen) atoms. The molecular formula is C25H24N2O6S. The van der Waals surface area contributed by atoms with E-state index in [1.807, 2.05) is 42.5 Å². The zero-order valence-corrected chi connectivity index (χ0v) is 19.5. The maximum Gasteiger partial charge on any atom is 0.339 e. The molecule has 1 saturated heterocycles. The Bertz CT molecular complexity index is 1410. The van der Waals surface area contributed by atoms with Gasteiger partial charge < -0.3 is 14.1 Å². The fourth-order valence-electron chi connectivity index (χ4n) is 4.64. The normalized spacial score (nSPS) is 19.9. The number of esters is 1. The van der Waals surface area contributed by atoms with E-state index in [1.54, 1.807) is 13.3 Å². The molecule has 0 saturated carbocycles. The molecule has 1 aromatic carbocycles. The molecule has 176 valence electrons. The number of ether oxygens (including phenoxy) is 1. The van der Waals surface area contributed by atoms with E-state index in [0.717, 1.165) is 16.8 Å². The van der Waals surface area contributed by atoms with Crippen LogP contribution in [-0.4, -0.2) is 61.4 Å². The van der Waals surface area contributed by atoms with Crippen LogP contribution < -0.4 is 0 Å². The Hall–Kier alpha value is -3.46. The molecule has 9 heteroatoms. The standard InChI is InChI=1S/C25H24N2O6S/c1-27(17-10-12-34(30,31)15-17)22(28)14-33-25(29)23-19-6-2-3-7-21(19)26-24-16(8-9-20(23)24)13-18-5-4-11-32-18/h2-7,11,13,17H,8-10,12,14-15H2,1H3/b16-13+. The van der Waals surface area contributed by atoms with E-state index in [4.69, 9.17) is 14.1 Å². The van der Waals surface area contributed by atoms with E-state index in [-0.39, 0.29) is 11.5 Å². The van der Waals surface area contributed by atoms with Crippen LogP contribution in [0.3, 0.4) is 0 Å². The summed E-state index contributed by atoms with van der Waals surface area (Å²) in [5, 5.41) is 0.674. The number of likely N-dealkylation sites (N-methyl/N-ethyl adjacent to an activating group) is 1. The molecule has 1 amide bonds. The summed E-state index contributed by atoms with van der Waals surface area (Å²) in [5.41, 5.74) is 3.59. The lowest BCUT2D eigenvalue weighted by Crippen LogP contribution is -2.40. The summed E-state index contributed by atoms with van der Waals surface area (Å²) in [4.78, 5) is 32.0. The number of hydrogen-bond acceptors (Lipinski definition) is 7. The lowest BCUT2D eigenvalue weighted by atomic mass is 10.0. The van der Waals surface area contributed by atoms with Crippen molar-refractivity contribution in [3.05, 3.63) is 65.2 Å². The Morgan fingerprint density at radius 1 is 1.21 bits per heavy atom. The van der Waals surface area contributed by atoms with Gasteiger partial charge in [0.2, 0.25) is 0 Å². The number of rotatable bonds is 5. The van der Waals surface area contributed by atoms with Crippen molar-refractivity contribution < 1.29 is 27.2 Å². The van der Waals surface area contributed by atoms with E-state index in [1.165, 1.54) is 4.90 Å². The van der Waals surface area contributed by atoms with Crippen LogP contribution in [0.4, 0.5) is 0 Å². The molecule has 1 aliphatic heterocycles. The molecule has 8 nitrogen and oxygen atoms in total. The highest BCUT2D eigenvalue weighted by Gasteiger charge is 2.33. The minimum Gasteiger partial charge on any atom is -0.465 e. The van der Waals surface area contributed by atoms with Crippen LogP contribution in [0.1, 0.15) is 40.2 Å². The second kappa shape index (κ2) is 8.72. The monoisotopic (exact) mass is 480 g/mol. The second-order valence-electron chi connectivity index (χ2n) is 8.65. The first kappa shape index (κ1) is 22.3. The highest BCUT2D eigenvalue weighted by molar-refractivity contribution is 7.91. The quantitative estimate of drug-likeness (QED) is 0.517. The third-order valence-corrected chi connectivity index (χ3v) is 8.23. The zero-order valence-electron chi connectivity index (χ0n) is 18.7. The highest BCUT2D eigenvalue weighted by Crippen LogP contribution is 2.37. The van der Waals surface area contributed by atoms with E-state index in [0.29, 0.717) is 41.5 Å². The number of pyridine rings is 1. The van der Waals surface area contributed by atoms with Gasteiger partial charge in [-0.1, -0.05) is 18.2 Å². The average Bonchev–Trinajstić information content (AvgIpc) is 3.56.